The van der Waals surface area contributed by atoms with Crippen LogP contribution in [0.1, 0.15) is 66.7 Å². The molecule has 0 radical (unpaired) electrons. The summed E-state index contributed by atoms with van der Waals surface area (Å²) >= 11 is 0. The van der Waals surface area contributed by atoms with Crippen molar-refractivity contribution in [3.63, 3.8) is 0 Å². The maximum absolute atomic E-state index is 5.99. The van der Waals surface area contributed by atoms with Crippen LogP contribution in [0.3, 0.4) is 0 Å². The highest BCUT2D eigenvalue weighted by molar-refractivity contribution is 4.89. The molecule has 0 spiro atoms. The van der Waals surface area contributed by atoms with Crippen LogP contribution in [0.4, 0.5) is 0 Å². The first kappa shape index (κ1) is 17.0. The highest BCUT2D eigenvalue weighted by Gasteiger charge is 2.34. The predicted molar refractivity (Wildman–Crippen MR) is 85.3 cm³/mol. The highest BCUT2D eigenvalue weighted by Crippen LogP contribution is 2.33. The highest BCUT2D eigenvalue weighted by atomic mass is 15.2. The van der Waals surface area contributed by atoms with Gasteiger partial charge in [0.25, 0.3) is 0 Å². The standard InChI is InChI=1S/C17H36N2/c1-6-19(17-9-7-8-15(17)12-18)16(10-13(2)3)11-14(4)5/h13-17H,6-12,18H2,1-5H3. The Labute approximate surface area is 121 Å². The van der Waals surface area contributed by atoms with Crippen LogP contribution >= 0.6 is 0 Å². The predicted octanol–water partition coefficient (Wildman–Crippen LogP) is 3.90. The minimum absolute atomic E-state index is 0.738. The van der Waals surface area contributed by atoms with Crippen LogP contribution in [-0.4, -0.2) is 30.1 Å². The van der Waals surface area contributed by atoms with E-state index in [1.807, 2.05) is 0 Å². The SMILES string of the molecule is CCN(C(CC(C)C)CC(C)C)C1CCCC1CN. The summed E-state index contributed by atoms with van der Waals surface area (Å²) in [5.74, 6) is 2.31. The molecule has 0 amide bonds. The minimum atomic E-state index is 0.738. The summed E-state index contributed by atoms with van der Waals surface area (Å²) in [7, 11) is 0. The molecule has 114 valence electrons. The molecule has 1 saturated carbocycles. The number of hydrogen-bond acceptors (Lipinski definition) is 2. The number of hydrogen-bond donors (Lipinski definition) is 1. The summed E-state index contributed by atoms with van der Waals surface area (Å²) in [5, 5.41) is 0. The molecule has 1 rings (SSSR count). The summed E-state index contributed by atoms with van der Waals surface area (Å²) < 4.78 is 0. The van der Waals surface area contributed by atoms with Crippen molar-refractivity contribution >= 4 is 0 Å². The van der Waals surface area contributed by atoms with E-state index in [4.69, 9.17) is 5.73 Å². The van der Waals surface area contributed by atoms with Crippen LogP contribution in [0.25, 0.3) is 0 Å². The van der Waals surface area contributed by atoms with Crippen molar-refractivity contribution in [2.24, 2.45) is 23.5 Å². The summed E-state index contributed by atoms with van der Waals surface area (Å²) in [5.41, 5.74) is 5.99. The molecule has 0 aliphatic heterocycles. The van der Waals surface area contributed by atoms with Gasteiger partial charge >= 0.3 is 0 Å². The Morgan fingerprint density at radius 1 is 1.05 bits per heavy atom. The van der Waals surface area contributed by atoms with Crippen molar-refractivity contribution < 1.29 is 0 Å². The molecule has 19 heavy (non-hydrogen) atoms. The quantitative estimate of drug-likeness (QED) is 0.723. The molecule has 0 bridgehead atoms. The third kappa shape index (κ3) is 5.07. The molecule has 0 heterocycles. The molecule has 2 heteroatoms. The first-order valence-electron chi connectivity index (χ1n) is 8.45. The molecule has 1 aliphatic rings. The van der Waals surface area contributed by atoms with E-state index in [2.05, 4.69) is 39.5 Å². The van der Waals surface area contributed by atoms with Crippen molar-refractivity contribution in [2.45, 2.75) is 78.8 Å². The van der Waals surface area contributed by atoms with Gasteiger partial charge in [-0.05, 0) is 56.5 Å². The first-order chi connectivity index (χ1) is 8.99. The topological polar surface area (TPSA) is 29.3 Å². The zero-order valence-electron chi connectivity index (χ0n) is 13.9. The van der Waals surface area contributed by atoms with Crippen LogP contribution in [0.2, 0.25) is 0 Å². The van der Waals surface area contributed by atoms with E-state index in [1.165, 1.54) is 38.6 Å². The lowest BCUT2D eigenvalue weighted by molar-refractivity contribution is 0.0867. The minimum Gasteiger partial charge on any atom is -0.330 e. The van der Waals surface area contributed by atoms with Gasteiger partial charge in [-0.25, -0.2) is 0 Å². The maximum atomic E-state index is 5.99. The van der Waals surface area contributed by atoms with Gasteiger partial charge in [0.05, 0.1) is 0 Å². The van der Waals surface area contributed by atoms with Crippen molar-refractivity contribution in [3.05, 3.63) is 0 Å². The van der Waals surface area contributed by atoms with E-state index in [9.17, 15) is 0 Å². The zero-order valence-corrected chi connectivity index (χ0v) is 13.9. The third-order valence-corrected chi connectivity index (χ3v) is 4.67. The molecule has 0 aromatic rings. The molecule has 2 nitrogen and oxygen atoms in total. The lowest BCUT2D eigenvalue weighted by atomic mass is 9.91. The lowest BCUT2D eigenvalue weighted by Crippen LogP contribution is -2.47. The van der Waals surface area contributed by atoms with Gasteiger partial charge in [0, 0.05) is 12.1 Å². The summed E-state index contributed by atoms with van der Waals surface area (Å²) in [6.07, 6.45) is 6.74. The monoisotopic (exact) mass is 268 g/mol. The fourth-order valence-electron chi connectivity index (χ4n) is 3.95. The normalized spacial score (nSPS) is 24.3. The molecule has 1 fully saturated rings. The molecular weight excluding hydrogens is 232 g/mol. The van der Waals surface area contributed by atoms with E-state index in [-0.39, 0.29) is 0 Å². The summed E-state index contributed by atoms with van der Waals surface area (Å²) in [6.45, 7) is 13.8. The Morgan fingerprint density at radius 3 is 2.05 bits per heavy atom. The van der Waals surface area contributed by atoms with Gasteiger partial charge in [0.2, 0.25) is 0 Å². The molecule has 0 aromatic carbocycles. The van der Waals surface area contributed by atoms with E-state index in [1.54, 1.807) is 0 Å². The smallest absolute Gasteiger partial charge is 0.0138 e. The zero-order chi connectivity index (χ0) is 14.4. The molecule has 0 saturated heterocycles. The second-order valence-electron chi connectivity index (χ2n) is 7.24. The van der Waals surface area contributed by atoms with Gasteiger partial charge < -0.3 is 5.73 Å². The van der Waals surface area contributed by atoms with E-state index < -0.39 is 0 Å². The van der Waals surface area contributed by atoms with Crippen molar-refractivity contribution in [1.29, 1.82) is 0 Å². The second-order valence-corrected chi connectivity index (χ2v) is 7.24. The molecule has 1 aliphatic carbocycles. The van der Waals surface area contributed by atoms with Gasteiger partial charge in [0.1, 0.15) is 0 Å². The van der Waals surface area contributed by atoms with Crippen molar-refractivity contribution in [1.82, 2.24) is 4.90 Å². The molecular formula is C17H36N2. The number of nitrogens with zero attached hydrogens (tertiary/aromatic N) is 1. The second kappa shape index (κ2) is 8.26. The van der Waals surface area contributed by atoms with Crippen LogP contribution in [0.5, 0.6) is 0 Å². The van der Waals surface area contributed by atoms with Crippen LogP contribution in [-0.2, 0) is 0 Å². The van der Waals surface area contributed by atoms with Gasteiger partial charge in [-0.15, -0.1) is 0 Å². The lowest BCUT2D eigenvalue weighted by Gasteiger charge is -2.40. The van der Waals surface area contributed by atoms with Gasteiger partial charge in [-0.2, -0.15) is 0 Å². The molecule has 2 N–H and O–H groups in total. The average molecular weight is 268 g/mol. The Balaban J connectivity index is 2.76. The van der Waals surface area contributed by atoms with Crippen LogP contribution in [0.15, 0.2) is 0 Å². The Hall–Kier alpha value is -0.0800. The molecule has 0 aromatic heterocycles. The maximum Gasteiger partial charge on any atom is 0.0138 e. The molecule has 2 unspecified atom stereocenters. The van der Waals surface area contributed by atoms with Crippen molar-refractivity contribution in [3.8, 4) is 0 Å². The van der Waals surface area contributed by atoms with Crippen LogP contribution < -0.4 is 5.73 Å². The third-order valence-electron chi connectivity index (χ3n) is 4.67. The van der Waals surface area contributed by atoms with Gasteiger partial charge in [0.15, 0.2) is 0 Å². The summed E-state index contributed by atoms with van der Waals surface area (Å²) in [4.78, 5) is 2.80. The Morgan fingerprint density at radius 2 is 1.63 bits per heavy atom. The average Bonchev–Trinajstić information content (AvgIpc) is 2.76. The van der Waals surface area contributed by atoms with Crippen molar-refractivity contribution in [2.75, 3.05) is 13.1 Å². The number of rotatable bonds is 8. The molecule has 2 atom stereocenters. The van der Waals surface area contributed by atoms with Gasteiger partial charge in [-0.3, -0.25) is 4.90 Å². The Kier molecular flexibility index (Phi) is 7.38. The van der Waals surface area contributed by atoms with E-state index >= 15 is 0 Å². The largest absolute Gasteiger partial charge is 0.330 e. The fraction of sp³-hybridized carbons (Fsp3) is 1.00. The van der Waals surface area contributed by atoms with E-state index in [0.29, 0.717) is 0 Å². The van der Waals surface area contributed by atoms with Gasteiger partial charge in [-0.1, -0.05) is 41.0 Å². The summed E-state index contributed by atoms with van der Waals surface area (Å²) in [6, 6.07) is 1.50. The number of nitrogens with two attached hydrogens (primary N) is 1. The fourth-order valence-corrected chi connectivity index (χ4v) is 3.95. The first-order valence-corrected chi connectivity index (χ1v) is 8.45. The Bertz CT molecular complexity index is 227. The van der Waals surface area contributed by atoms with Crippen LogP contribution in [0, 0.1) is 17.8 Å². The van der Waals surface area contributed by atoms with E-state index in [0.717, 1.165) is 36.4 Å².